The molecular weight excluding hydrogens is 927 g/mol. The molecule has 0 aliphatic carbocycles. The van der Waals surface area contributed by atoms with Crippen LogP contribution in [-0.2, 0) is 33.2 Å². The van der Waals surface area contributed by atoms with Crippen molar-refractivity contribution in [2.45, 2.75) is 285 Å². The number of unbranched alkanes of at least 4 members (excludes halogenated alkanes) is 23. The molecule has 17 unspecified atom stereocenters. The minimum Gasteiger partial charge on any atom is -0.394 e. The number of aliphatic hydroxyl groups excluding tert-OH is 11. The smallest absolute Gasteiger partial charge is 0.220 e. The Kier molecular flexibility index (Phi) is 33.5. The Hall–Kier alpha value is -1.47. The average Bonchev–Trinajstić information content (AvgIpc) is 3.36. The van der Waals surface area contributed by atoms with Gasteiger partial charge >= 0.3 is 0 Å². The molecule has 71 heavy (non-hydrogen) atoms. The monoisotopic (exact) mass is 1020 g/mol. The third-order valence-electron chi connectivity index (χ3n) is 14.1. The summed E-state index contributed by atoms with van der Waals surface area (Å²) in [6, 6.07) is -0.964. The van der Waals surface area contributed by atoms with Gasteiger partial charge in [0.25, 0.3) is 0 Å². The highest BCUT2D eigenvalue weighted by Crippen LogP contribution is 2.33. The van der Waals surface area contributed by atoms with Crippen LogP contribution in [0.2, 0.25) is 0 Å². The Morgan fingerprint density at radius 3 is 1.32 bits per heavy atom. The minimum atomic E-state index is -1.97. The van der Waals surface area contributed by atoms with E-state index in [4.69, 9.17) is 28.4 Å². The fourth-order valence-corrected chi connectivity index (χ4v) is 9.48. The summed E-state index contributed by atoms with van der Waals surface area (Å²) < 4.78 is 34.1. The first-order chi connectivity index (χ1) is 34.3. The summed E-state index contributed by atoms with van der Waals surface area (Å²) in [6.07, 6.45) is 6.62. The SMILES string of the molecule is CCCCCCCC/C=C/C(O)C(COC1OC(CO)C(OC2OC(CO)C(OC3OC(CO)C(O)C(O)C3O)C(O)C2O)C(O)C1O)NC(=O)CCCCCCCCCCCCCCCCCCCC. The van der Waals surface area contributed by atoms with Crippen molar-refractivity contribution >= 4 is 5.91 Å². The van der Waals surface area contributed by atoms with Gasteiger partial charge in [0.2, 0.25) is 5.91 Å². The second-order valence-corrected chi connectivity index (χ2v) is 20.1. The normalized spacial score (nSPS) is 32.3. The minimum absolute atomic E-state index is 0.248. The molecule has 0 spiro atoms. The van der Waals surface area contributed by atoms with E-state index in [2.05, 4.69) is 19.2 Å². The Morgan fingerprint density at radius 2 is 0.873 bits per heavy atom. The molecule has 3 fully saturated rings. The third-order valence-corrected chi connectivity index (χ3v) is 14.1. The van der Waals surface area contributed by atoms with Gasteiger partial charge in [-0.2, -0.15) is 0 Å². The molecule has 3 aliphatic heterocycles. The second-order valence-electron chi connectivity index (χ2n) is 20.1. The molecule has 3 heterocycles. The van der Waals surface area contributed by atoms with Crippen molar-refractivity contribution < 1.29 is 89.4 Å². The number of amides is 1. The summed E-state index contributed by atoms with van der Waals surface area (Å²) in [5, 5.41) is 119. The molecule has 0 aromatic rings. The van der Waals surface area contributed by atoms with E-state index in [-0.39, 0.29) is 18.9 Å². The lowest BCUT2D eigenvalue weighted by molar-refractivity contribution is -0.379. The van der Waals surface area contributed by atoms with Crippen LogP contribution in [0.5, 0.6) is 0 Å². The van der Waals surface area contributed by atoms with Crippen LogP contribution in [0.3, 0.4) is 0 Å². The van der Waals surface area contributed by atoms with E-state index < -0.39 is 124 Å². The van der Waals surface area contributed by atoms with Crippen LogP contribution in [0, 0.1) is 0 Å². The molecule has 17 atom stereocenters. The number of nitrogens with one attached hydrogen (secondary N) is 1. The van der Waals surface area contributed by atoms with Crippen molar-refractivity contribution in [1.29, 1.82) is 0 Å². The van der Waals surface area contributed by atoms with Crippen molar-refractivity contribution in [2.75, 3.05) is 26.4 Å². The van der Waals surface area contributed by atoms with Crippen LogP contribution in [0.15, 0.2) is 12.2 Å². The van der Waals surface area contributed by atoms with Gasteiger partial charge < -0.3 is 89.9 Å². The van der Waals surface area contributed by atoms with Gasteiger partial charge in [-0.1, -0.05) is 167 Å². The lowest BCUT2D eigenvalue weighted by Crippen LogP contribution is -2.66. The van der Waals surface area contributed by atoms with E-state index >= 15 is 0 Å². The molecule has 19 heteroatoms. The Morgan fingerprint density at radius 1 is 0.493 bits per heavy atom. The van der Waals surface area contributed by atoms with Crippen LogP contribution in [-0.4, -0.2) is 193 Å². The highest BCUT2D eigenvalue weighted by molar-refractivity contribution is 5.76. The number of rotatable bonds is 39. The maximum Gasteiger partial charge on any atom is 0.220 e. The number of ether oxygens (including phenoxy) is 6. The summed E-state index contributed by atoms with van der Waals surface area (Å²) in [5.41, 5.74) is 0. The van der Waals surface area contributed by atoms with E-state index in [0.29, 0.717) is 6.42 Å². The van der Waals surface area contributed by atoms with Crippen molar-refractivity contribution in [2.24, 2.45) is 0 Å². The van der Waals surface area contributed by atoms with E-state index in [1.807, 2.05) is 6.08 Å². The van der Waals surface area contributed by atoms with Gasteiger partial charge in [-0.3, -0.25) is 4.79 Å². The molecule has 1 amide bonds. The van der Waals surface area contributed by atoms with E-state index in [1.54, 1.807) is 6.08 Å². The van der Waals surface area contributed by atoms with Gasteiger partial charge in [0.1, 0.15) is 73.2 Å². The maximum atomic E-state index is 13.2. The fraction of sp³-hybridized carbons (Fsp3) is 0.942. The number of hydrogen-bond donors (Lipinski definition) is 12. The quantitative estimate of drug-likeness (QED) is 0.0311. The zero-order chi connectivity index (χ0) is 52.0. The van der Waals surface area contributed by atoms with Gasteiger partial charge in [-0.15, -0.1) is 0 Å². The predicted molar refractivity (Wildman–Crippen MR) is 263 cm³/mol. The van der Waals surface area contributed by atoms with Gasteiger partial charge in [0.05, 0.1) is 38.6 Å². The van der Waals surface area contributed by atoms with E-state index in [0.717, 1.165) is 51.4 Å². The number of aliphatic hydroxyl groups is 11. The molecular formula is C52H97NO18. The van der Waals surface area contributed by atoms with Crippen molar-refractivity contribution in [3.63, 3.8) is 0 Å². The number of allylic oxidation sites excluding steroid dienone is 1. The predicted octanol–water partition coefficient (Wildman–Crippen LogP) is 3.04. The number of carbonyl (C=O) groups is 1. The zero-order valence-corrected chi connectivity index (χ0v) is 43.0. The molecule has 0 aromatic heterocycles. The summed E-state index contributed by atoms with van der Waals surface area (Å²) >= 11 is 0. The first kappa shape index (κ1) is 63.8. The second kappa shape index (κ2) is 37.3. The van der Waals surface area contributed by atoms with Crippen LogP contribution >= 0.6 is 0 Å². The molecule has 3 rings (SSSR count). The fourth-order valence-electron chi connectivity index (χ4n) is 9.48. The topological polar surface area (TPSA) is 307 Å². The van der Waals surface area contributed by atoms with E-state index in [9.17, 15) is 61.0 Å². The Bertz CT molecular complexity index is 1360. The zero-order valence-electron chi connectivity index (χ0n) is 43.0. The van der Waals surface area contributed by atoms with Crippen LogP contribution in [0.4, 0.5) is 0 Å². The standard InChI is InChI=1S/C52H97NO18/c1-3-5-7-9-11-13-14-15-16-17-18-19-20-21-22-24-26-28-30-40(58)53-35(36(57)29-27-25-23-12-10-8-6-4-2)34-66-50-46(64)43(61)48(38(32-55)68-50)71-52-47(65)44(62)49(39(33-56)69-52)70-51-45(63)42(60)41(59)37(31-54)67-51/h27,29,35-39,41-52,54-57,59-65H,3-26,28,30-34H2,1-2H3,(H,53,58)/b29-27+. The Balaban J connectivity index is 1.49. The Labute approximate surface area is 423 Å². The van der Waals surface area contributed by atoms with Gasteiger partial charge in [-0.05, 0) is 19.3 Å². The highest BCUT2D eigenvalue weighted by atomic mass is 16.8. The lowest BCUT2D eigenvalue weighted by atomic mass is 9.96. The summed E-state index contributed by atoms with van der Waals surface area (Å²) in [6.45, 7) is 1.66. The summed E-state index contributed by atoms with van der Waals surface area (Å²) in [5.74, 6) is -0.277. The summed E-state index contributed by atoms with van der Waals surface area (Å²) in [4.78, 5) is 13.2. The number of hydrogen-bond acceptors (Lipinski definition) is 18. The molecule has 418 valence electrons. The largest absolute Gasteiger partial charge is 0.394 e. The van der Waals surface area contributed by atoms with Gasteiger partial charge in [-0.25, -0.2) is 0 Å². The molecule has 19 nitrogen and oxygen atoms in total. The first-order valence-corrected chi connectivity index (χ1v) is 27.4. The molecule has 3 saturated heterocycles. The van der Waals surface area contributed by atoms with E-state index in [1.165, 1.54) is 103 Å². The number of carbonyl (C=O) groups excluding carboxylic acids is 1. The van der Waals surface area contributed by atoms with Gasteiger partial charge in [0, 0.05) is 6.42 Å². The van der Waals surface area contributed by atoms with Crippen LogP contribution in [0.25, 0.3) is 0 Å². The van der Waals surface area contributed by atoms with Crippen LogP contribution in [0.1, 0.15) is 181 Å². The molecule has 0 bridgehead atoms. The molecule has 3 aliphatic rings. The van der Waals surface area contributed by atoms with Gasteiger partial charge in [0.15, 0.2) is 18.9 Å². The maximum absolute atomic E-state index is 13.2. The third kappa shape index (κ3) is 22.7. The van der Waals surface area contributed by atoms with Crippen molar-refractivity contribution in [3.05, 3.63) is 12.2 Å². The molecule has 0 aromatic carbocycles. The summed E-state index contributed by atoms with van der Waals surface area (Å²) in [7, 11) is 0. The first-order valence-electron chi connectivity index (χ1n) is 27.4. The molecule has 0 saturated carbocycles. The van der Waals surface area contributed by atoms with Crippen molar-refractivity contribution in [1.82, 2.24) is 5.32 Å². The van der Waals surface area contributed by atoms with Crippen LogP contribution < -0.4 is 5.32 Å². The average molecular weight is 1020 g/mol. The lowest BCUT2D eigenvalue weighted by Gasteiger charge is -2.48. The molecule has 0 radical (unpaired) electrons. The molecule has 12 N–H and O–H groups in total. The van der Waals surface area contributed by atoms with Crippen molar-refractivity contribution in [3.8, 4) is 0 Å². The highest BCUT2D eigenvalue weighted by Gasteiger charge is 2.53.